The number of hydrogen-bond donors (Lipinski definition) is 1. The minimum Gasteiger partial charge on any atom is -0.372 e. The third-order valence-corrected chi connectivity index (χ3v) is 4.83. The molecule has 2 fully saturated rings. The molecule has 1 aromatic rings. The van der Waals surface area contributed by atoms with Crippen molar-refractivity contribution < 1.29 is 4.74 Å². The van der Waals surface area contributed by atoms with E-state index in [0.29, 0.717) is 6.04 Å². The fraction of sp³-hybridized carbons (Fsp3) is 0.625. The molecule has 18 heavy (non-hydrogen) atoms. The summed E-state index contributed by atoms with van der Waals surface area (Å²) in [6, 6.07) is 11.5. The molecular weight excluding hydrogens is 222 g/mol. The summed E-state index contributed by atoms with van der Waals surface area (Å²) in [6.07, 6.45) is 4.91. The molecule has 98 valence electrons. The molecule has 1 spiro atoms. The average Bonchev–Trinajstić information content (AvgIpc) is 2.44. The van der Waals surface area contributed by atoms with Crippen molar-refractivity contribution in [3.05, 3.63) is 35.9 Å². The Labute approximate surface area is 110 Å². The van der Waals surface area contributed by atoms with Crippen molar-refractivity contribution in [1.82, 2.24) is 5.32 Å². The second-order valence-electron chi connectivity index (χ2n) is 5.77. The van der Waals surface area contributed by atoms with Gasteiger partial charge in [-0.25, -0.2) is 0 Å². The zero-order valence-electron chi connectivity index (χ0n) is 11.2. The Balaban J connectivity index is 1.67. The third kappa shape index (κ3) is 2.19. The molecule has 1 atom stereocenters. The first kappa shape index (κ1) is 12.2. The normalized spacial score (nSPS) is 36.7. The molecule has 1 aromatic carbocycles. The molecule has 1 saturated heterocycles. The van der Waals surface area contributed by atoms with Gasteiger partial charge < -0.3 is 10.1 Å². The van der Waals surface area contributed by atoms with Crippen LogP contribution in [-0.2, 0) is 4.74 Å². The first-order chi connectivity index (χ1) is 8.80. The number of hydrogen-bond acceptors (Lipinski definition) is 2. The number of rotatable bonds is 1. The van der Waals surface area contributed by atoms with Crippen molar-refractivity contribution in [2.24, 2.45) is 0 Å². The van der Waals surface area contributed by atoms with E-state index in [1.165, 1.54) is 31.2 Å². The van der Waals surface area contributed by atoms with E-state index in [1.54, 1.807) is 0 Å². The van der Waals surface area contributed by atoms with Crippen LogP contribution >= 0.6 is 0 Å². The quantitative estimate of drug-likeness (QED) is 0.821. The standard InChI is InChI=1S/C16H23NO/c1-13-16(18-12-11-17-13)9-7-15(8-10-16)14-5-3-2-4-6-14/h2-6,13,15,17H,7-12H2,1H3. The monoisotopic (exact) mass is 245 g/mol. The van der Waals surface area contributed by atoms with Gasteiger partial charge in [0.25, 0.3) is 0 Å². The molecule has 0 aromatic heterocycles. The lowest BCUT2D eigenvalue weighted by molar-refractivity contribution is -0.115. The summed E-state index contributed by atoms with van der Waals surface area (Å²) in [4.78, 5) is 0. The van der Waals surface area contributed by atoms with Crippen LogP contribution in [0.25, 0.3) is 0 Å². The molecule has 1 N–H and O–H groups in total. The van der Waals surface area contributed by atoms with Crippen LogP contribution in [0.4, 0.5) is 0 Å². The maximum atomic E-state index is 6.14. The molecule has 3 rings (SSSR count). The predicted molar refractivity (Wildman–Crippen MR) is 73.8 cm³/mol. The molecule has 1 aliphatic carbocycles. The number of nitrogens with one attached hydrogen (secondary N) is 1. The van der Waals surface area contributed by atoms with Gasteiger partial charge in [-0.05, 0) is 44.1 Å². The average molecular weight is 245 g/mol. The summed E-state index contributed by atoms with van der Waals surface area (Å²) in [5.41, 5.74) is 1.62. The minimum absolute atomic E-state index is 0.115. The third-order valence-electron chi connectivity index (χ3n) is 4.83. The summed E-state index contributed by atoms with van der Waals surface area (Å²) in [6.45, 7) is 4.16. The van der Waals surface area contributed by atoms with E-state index < -0.39 is 0 Å². The van der Waals surface area contributed by atoms with Crippen LogP contribution < -0.4 is 5.32 Å². The van der Waals surface area contributed by atoms with Crippen LogP contribution in [0.5, 0.6) is 0 Å². The second kappa shape index (κ2) is 5.02. The van der Waals surface area contributed by atoms with E-state index in [2.05, 4.69) is 42.6 Å². The van der Waals surface area contributed by atoms with Crippen molar-refractivity contribution in [2.45, 2.75) is 50.2 Å². The number of ether oxygens (including phenoxy) is 1. The maximum absolute atomic E-state index is 6.14. The first-order valence-electron chi connectivity index (χ1n) is 7.22. The van der Waals surface area contributed by atoms with Crippen LogP contribution in [0, 0.1) is 0 Å². The smallest absolute Gasteiger partial charge is 0.0833 e. The Morgan fingerprint density at radius 1 is 1.17 bits per heavy atom. The molecular formula is C16H23NO. The summed E-state index contributed by atoms with van der Waals surface area (Å²) < 4.78 is 6.14. The van der Waals surface area contributed by atoms with Crippen LogP contribution in [-0.4, -0.2) is 24.8 Å². The van der Waals surface area contributed by atoms with E-state index in [4.69, 9.17) is 4.74 Å². The molecule has 1 saturated carbocycles. The van der Waals surface area contributed by atoms with Gasteiger partial charge in [-0.2, -0.15) is 0 Å². The molecule has 0 bridgehead atoms. The van der Waals surface area contributed by atoms with Crippen LogP contribution in [0.3, 0.4) is 0 Å². The first-order valence-corrected chi connectivity index (χ1v) is 7.22. The Hall–Kier alpha value is -0.860. The lowest BCUT2D eigenvalue weighted by Crippen LogP contribution is -2.57. The van der Waals surface area contributed by atoms with Gasteiger partial charge in [0.15, 0.2) is 0 Å². The maximum Gasteiger partial charge on any atom is 0.0833 e. The van der Waals surface area contributed by atoms with Gasteiger partial charge in [0, 0.05) is 12.6 Å². The highest BCUT2D eigenvalue weighted by Gasteiger charge is 2.42. The second-order valence-corrected chi connectivity index (χ2v) is 5.77. The fourth-order valence-corrected chi connectivity index (χ4v) is 3.58. The highest BCUT2D eigenvalue weighted by Crippen LogP contribution is 2.42. The van der Waals surface area contributed by atoms with Gasteiger partial charge in [0.1, 0.15) is 0 Å². The summed E-state index contributed by atoms with van der Waals surface area (Å²) >= 11 is 0. The molecule has 1 unspecified atom stereocenters. The number of benzene rings is 1. The Kier molecular flexibility index (Phi) is 3.40. The van der Waals surface area contributed by atoms with Gasteiger partial charge >= 0.3 is 0 Å². The van der Waals surface area contributed by atoms with Crippen molar-refractivity contribution in [3.63, 3.8) is 0 Å². The lowest BCUT2D eigenvalue weighted by Gasteiger charge is -2.47. The molecule has 0 radical (unpaired) electrons. The highest BCUT2D eigenvalue weighted by molar-refractivity contribution is 5.20. The van der Waals surface area contributed by atoms with Crippen LogP contribution in [0.15, 0.2) is 30.3 Å². The molecule has 2 aliphatic rings. The van der Waals surface area contributed by atoms with E-state index in [0.717, 1.165) is 19.1 Å². The van der Waals surface area contributed by atoms with E-state index in [9.17, 15) is 0 Å². The summed E-state index contributed by atoms with van der Waals surface area (Å²) in [5, 5.41) is 3.57. The zero-order valence-corrected chi connectivity index (χ0v) is 11.2. The van der Waals surface area contributed by atoms with E-state index >= 15 is 0 Å². The zero-order chi connectivity index (χ0) is 12.4. The van der Waals surface area contributed by atoms with Crippen molar-refractivity contribution in [1.29, 1.82) is 0 Å². The largest absolute Gasteiger partial charge is 0.372 e. The van der Waals surface area contributed by atoms with Gasteiger partial charge in [-0.3, -0.25) is 0 Å². The van der Waals surface area contributed by atoms with E-state index in [1.807, 2.05) is 0 Å². The van der Waals surface area contributed by atoms with Crippen molar-refractivity contribution in [2.75, 3.05) is 13.2 Å². The molecule has 2 heteroatoms. The predicted octanol–water partition coefficient (Wildman–Crippen LogP) is 3.09. The topological polar surface area (TPSA) is 21.3 Å². The lowest BCUT2D eigenvalue weighted by atomic mass is 9.72. The van der Waals surface area contributed by atoms with Crippen LogP contribution in [0.1, 0.15) is 44.1 Å². The Bertz CT molecular complexity index is 381. The van der Waals surface area contributed by atoms with Crippen molar-refractivity contribution >= 4 is 0 Å². The molecule has 1 aliphatic heterocycles. The summed E-state index contributed by atoms with van der Waals surface area (Å²) in [7, 11) is 0. The molecule has 2 nitrogen and oxygen atoms in total. The molecule has 1 heterocycles. The molecule has 0 amide bonds. The van der Waals surface area contributed by atoms with E-state index in [-0.39, 0.29) is 5.60 Å². The van der Waals surface area contributed by atoms with Crippen molar-refractivity contribution in [3.8, 4) is 0 Å². The minimum atomic E-state index is 0.115. The van der Waals surface area contributed by atoms with Gasteiger partial charge in [0.05, 0.1) is 12.2 Å². The summed E-state index contributed by atoms with van der Waals surface area (Å²) in [5.74, 6) is 0.731. The highest BCUT2D eigenvalue weighted by atomic mass is 16.5. The fourth-order valence-electron chi connectivity index (χ4n) is 3.58. The van der Waals surface area contributed by atoms with Gasteiger partial charge in [-0.1, -0.05) is 30.3 Å². The Morgan fingerprint density at radius 3 is 2.56 bits per heavy atom. The van der Waals surface area contributed by atoms with Gasteiger partial charge in [-0.15, -0.1) is 0 Å². The SMILES string of the molecule is CC1NCCOC12CCC(c1ccccc1)CC2. The Morgan fingerprint density at radius 2 is 1.89 bits per heavy atom. The van der Waals surface area contributed by atoms with Gasteiger partial charge in [0.2, 0.25) is 0 Å². The van der Waals surface area contributed by atoms with Crippen LogP contribution in [0.2, 0.25) is 0 Å². The number of morpholine rings is 1.